The molecule has 3 aromatic rings. The lowest BCUT2D eigenvalue weighted by atomic mass is 9.93. The molecule has 2 atom stereocenters. The third-order valence-corrected chi connectivity index (χ3v) is 7.78. The summed E-state index contributed by atoms with van der Waals surface area (Å²) in [7, 11) is 0. The zero-order valence-electron chi connectivity index (χ0n) is 19.9. The smallest absolute Gasteiger partial charge is 0.101 e. The average molecular weight is 453 g/mol. The molecular formula is C28H32N6. The number of pyridine rings is 1. The Morgan fingerprint density at radius 2 is 1.85 bits per heavy atom. The largest absolute Gasteiger partial charge is 0.369 e. The van der Waals surface area contributed by atoms with Crippen LogP contribution in [-0.4, -0.2) is 55.2 Å². The van der Waals surface area contributed by atoms with Crippen LogP contribution in [0.3, 0.4) is 0 Å². The van der Waals surface area contributed by atoms with E-state index in [1.54, 1.807) is 6.20 Å². The van der Waals surface area contributed by atoms with Gasteiger partial charge in [0, 0.05) is 81.4 Å². The molecule has 2 fully saturated rings. The second-order valence-electron chi connectivity index (χ2n) is 10.1. The summed E-state index contributed by atoms with van der Waals surface area (Å²) in [6, 6.07) is 18.1. The number of rotatable bonds is 3. The van der Waals surface area contributed by atoms with Crippen LogP contribution in [-0.2, 0) is 13.1 Å². The average Bonchev–Trinajstić information content (AvgIpc) is 3.32. The molecule has 0 aliphatic carbocycles. The number of nitrogens with one attached hydrogen (secondary N) is 1. The standard InChI is InChI=1S/C28H32N6/c1-20-13-25(19-34(16-20)27-7-5-21(15-29)28-26(27)3-2-8-31-28)33-17-22-4-6-24(14-23(22)18-33)32-11-9-30-10-12-32/h2-8,14,20,25,30H,9-13,16-19H2,1H3. The molecule has 0 saturated carbocycles. The number of aromatic nitrogens is 1. The second-order valence-corrected chi connectivity index (χ2v) is 10.1. The number of hydrogen-bond acceptors (Lipinski definition) is 6. The van der Waals surface area contributed by atoms with Gasteiger partial charge in [0.15, 0.2) is 0 Å². The predicted octanol–water partition coefficient (Wildman–Crippen LogP) is 3.75. The zero-order valence-corrected chi connectivity index (χ0v) is 19.9. The summed E-state index contributed by atoms with van der Waals surface area (Å²) in [4.78, 5) is 12.2. The van der Waals surface area contributed by atoms with E-state index in [-0.39, 0.29) is 0 Å². The topological polar surface area (TPSA) is 58.4 Å². The van der Waals surface area contributed by atoms with E-state index < -0.39 is 0 Å². The molecular weight excluding hydrogens is 420 g/mol. The van der Waals surface area contributed by atoms with Crippen molar-refractivity contribution in [2.24, 2.45) is 5.92 Å². The summed E-state index contributed by atoms with van der Waals surface area (Å²) in [5, 5.41) is 14.1. The van der Waals surface area contributed by atoms with Gasteiger partial charge in [-0.3, -0.25) is 9.88 Å². The Balaban J connectivity index is 1.23. The number of hydrogen-bond donors (Lipinski definition) is 1. The van der Waals surface area contributed by atoms with Gasteiger partial charge < -0.3 is 15.1 Å². The highest BCUT2D eigenvalue weighted by Gasteiger charge is 2.33. The third kappa shape index (κ3) is 3.89. The normalized spacial score (nSPS) is 23.2. The molecule has 0 amide bonds. The number of piperidine rings is 1. The summed E-state index contributed by atoms with van der Waals surface area (Å²) in [5.74, 6) is 0.612. The summed E-state index contributed by atoms with van der Waals surface area (Å²) in [5.41, 5.74) is 7.02. The number of piperazine rings is 1. The molecule has 174 valence electrons. The van der Waals surface area contributed by atoms with Gasteiger partial charge in [0.1, 0.15) is 6.07 Å². The quantitative estimate of drug-likeness (QED) is 0.653. The molecule has 6 nitrogen and oxygen atoms in total. The Labute approximate surface area is 201 Å². The predicted molar refractivity (Wildman–Crippen MR) is 137 cm³/mol. The van der Waals surface area contributed by atoms with E-state index in [2.05, 4.69) is 68.3 Å². The van der Waals surface area contributed by atoms with Gasteiger partial charge >= 0.3 is 0 Å². The molecule has 2 saturated heterocycles. The highest BCUT2D eigenvalue weighted by Crippen LogP contribution is 2.35. The minimum atomic E-state index is 0.515. The van der Waals surface area contributed by atoms with Crippen molar-refractivity contribution in [1.82, 2.24) is 15.2 Å². The Kier molecular flexibility index (Phi) is 5.60. The zero-order chi connectivity index (χ0) is 23.1. The van der Waals surface area contributed by atoms with Crippen molar-refractivity contribution >= 4 is 22.3 Å². The number of nitrogens with zero attached hydrogens (tertiary/aromatic N) is 5. The van der Waals surface area contributed by atoms with Crippen LogP contribution in [0.25, 0.3) is 10.9 Å². The first-order valence-corrected chi connectivity index (χ1v) is 12.5. The fraction of sp³-hybridized carbons (Fsp3) is 0.429. The van der Waals surface area contributed by atoms with E-state index in [0.717, 1.165) is 63.3 Å². The molecule has 6 heteroatoms. The fourth-order valence-corrected chi connectivity index (χ4v) is 6.09. The highest BCUT2D eigenvalue weighted by molar-refractivity contribution is 5.95. The van der Waals surface area contributed by atoms with Crippen molar-refractivity contribution in [3.63, 3.8) is 0 Å². The Morgan fingerprint density at radius 3 is 2.71 bits per heavy atom. The van der Waals surface area contributed by atoms with Crippen LogP contribution in [0.4, 0.5) is 11.4 Å². The SMILES string of the molecule is CC1CC(N2Cc3ccc(N4CCNCC4)cc3C2)CN(c2ccc(C#N)c3ncccc23)C1. The molecule has 0 radical (unpaired) electrons. The maximum absolute atomic E-state index is 9.54. The van der Waals surface area contributed by atoms with Crippen molar-refractivity contribution in [1.29, 1.82) is 5.26 Å². The molecule has 4 heterocycles. The first kappa shape index (κ1) is 21.4. The van der Waals surface area contributed by atoms with Crippen molar-refractivity contribution < 1.29 is 0 Å². The first-order chi connectivity index (χ1) is 16.7. The van der Waals surface area contributed by atoms with E-state index in [9.17, 15) is 5.26 Å². The maximum atomic E-state index is 9.54. The molecule has 1 aromatic heterocycles. The van der Waals surface area contributed by atoms with Crippen LogP contribution in [0.1, 0.15) is 30.0 Å². The lowest BCUT2D eigenvalue weighted by Crippen LogP contribution is -2.49. The fourth-order valence-electron chi connectivity index (χ4n) is 6.09. The Hall–Kier alpha value is -3.14. The van der Waals surface area contributed by atoms with Crippen LogP contribution in [0.5, 0.6) is 0 Å². The van der Waals surface area contributed by atoms with Gasteiger partial charge in [0.05, 0.1) is 11.1 Å². The highest BCUT2D eigenvalue weighted by atomic mass is 15.2. The number of anilines is 2. The molecule has 34 heavy (non-hydrogen) atoms. The van der Waals surface area contributed by atoms with Crippen LogP contribution in [0, 0.1) is 17.2 Å². The van der Waals surface area contributed by atoms with E-state index in [1.165, 1.54) is 28.9 Å². The molecule has 3 aliphatic rings. The molecule has 1 N–H and O–H groups in total. The second kappa shape index (κ2) is 8.90. The van der Waals surface area contributed by atoms with Crippen molar-refractivity contribution in [3.05, 3.63) is 65.4 Å². The van der Waals surface area contributed by atoms with Gasteiger partial charge in [0.2, 0.25) is 0 Å². The minimum Gasteiger partial charge on any atom is -0.369 e. The first-order valence-electron chi connectivity index (χ1n) is 12.5. The molecule has 2 unspecified atom stereocenters. The summed E-state index contributed by atoms with van der Waals surface area (Å²) >= 11 is 0. The summed E-state index contributed by atoms with van der Waals surface area (Å²) in [6.07, 6.45) is 3.01. The van der Waals surface area contributed by atoms with Gasteiger partial charge in [-0.2, -0.15) is 5.26 Å². The minimum absolute atomic E-state index is 0.515. The van der Waals surface area contributed by atoms with Crippen molar-refractivity contribution in [2.75, 3.05) is 49.1 Å². The van der Waals surface area contributed by atoms with Crippen LogP contribution >= 0.6 is 0 Å². The Morgan fingerprint density at radius 1 is 1.00 bits per heavy atom. The van der Waals surface area contributed by atoms with E-state index in [1.807, 2.05) is 12.1 Å². The van der Waals surface area contributed by atoms with E-state index >= 15 is 0 Å². The summed E-state index contributed by atoms with van der Waals surface area (Å²) in [6.45, 7) is 10.8. The van der Waals surface area contributed by atoms with Crippen LogP contribution in [0.2, 0.25) is 0 Å². The van der Waals surface area contributed by atoms with Crippen LogP contribution < -0.4 is 15.1 Å². The molecule has 2 aromatic carbocycles. The van der Waals surface area contributed by atoms with Crippen molar-refractivity contribution in [2.45, 2.75) is 32.5 Å². The van der Waals surface area contributed by atoms with E-state index in [0.29, 0.717) is 17.5 Å². The monoisotopic (exact) mass is 452 g/mol. The Bertz CT molecular complexity index is 1240. The van der Waals surface area contributed by atoms with Gasteiger partial charge in [-0.1, -0.05) is 13.0 Å². The van der Waals surface area contributed by atoms with Gasteiger partial charge in [-0.05, 0) is 59.9 Å². The van der Waals surface area contributed by atoms with Gasteiger partial charge in [-0.25, -0.2) is 0 Å². The number of fused-ring (bicyclic) bond motifs is 2. The van der Waals surface area contributed by atoms with Crippen molar-refractivity contribution in [3.8, 4) is 6.07 Å². The maximum Gasteiger partial charge on any atom is 0.101 e. The number of benzene rings is 2. The van der Waals surface area contributed by atoms with E-state index in [4.69, 9.17) is 0 Å². The molecule has 6 rings (SSSR count). The lowest BCUT2D eigenvalue weighted by Gasteiger charge is -2.42. The third-order valence-electron chi connectivity index (χ3n) is 7.78. The number of nitriles is 1. The van der Waals surface area contributed by atoms with Crippen LogP contribution in [0.15, 0.2) is 48.7 Å². The molecule has 0 spiro atoms. The summed E-state index contributed by atoms with van der Waals surface area (Å²) < 4.78 is 0. The lowest BCUT2D eigenvalue weighted by molar-refractivity contribution is 0.157. The molecule has 3 aliphatic heterocycles. The van der Waals surface area contributed by atoms with Gasteiger partial charge in [0.25, 0.3) is 0 Å². The van der Waals surface area contributed by atoms with Gasteiger partial charge in [-0.15, -0.1) is 0 Å². The molecule has 0 bridgehead atoms.